The van der Waals surface area contributed by atoms with Gasteiger partial charge in [0.25, 0.3) is 5.92 Å². The minimum atomic E-state index is -2.57. The van der Waals surface area contributed by atoms with Crippen LogP contribution in [0.1, 0.15) is 29.3 Å². The summed E-state index contributed by atoms with van der Waals surface area (Å²) in [5.41, 5.74) is 1.18. The van der Waals surface area contributed by atoms with Crippen molar-refractivity contribution in [1.29, 1.82) is 0 Å². The molecule has 5 heteroatoms. The zero-order valence-corrected chi connectivity index (χ0v) is 10.8. The molecule has 19 heavy (non-hydrogen) atoms. The zero-order valence-electron chi connectivity index (χ0n) is 10.8. The van der Waals surface area contributed by atoms with E-state index in [-0.39, 0.29) is 12.0 Å². The monoisotopic (exact) mass is 269 g/mol. The molecule has 0 spiro atoms. The van der Waals surface area contributed by atoms with Crippen LogP contribution in [0.25, 0.3) is 0 Å². The van der Waals surface area contributed by atoms with E-state index in [9.17, 15) is 13.6 Å². The number of nitrogens with zero attached hydrogens (tertiary/aromatic N) is 1. The van der Waals surface area contributed by atoms with Crippen LogP contribution in [-0.2, 0) is 6.54 Å². The van der Waals surface area contributed by atoms with Crippen LogP contribution in [0.4, 0.5) is 8.78 Å². The number of hydrogen-bond acceptors (Lipinski definition) is 2. The maximum Gasteiger partial charge on any atom is 0.335 e. The molecular formula is C14H17F2NO2. The fourth-order valence-corrected chi connectivity index (χ4v) is 2.32. The highest BCUT2D eigenvalue weighted by atomic mass is 19.3. The van der Waals surface area contributed by atoms with Crippen molar-refractivity contribution >= 4 is 5.97 Å². The van der Waals surface area contributed by atoms with Crippen molar-refractivity contribution in [3.8, 4) is 0 Å². The quantitative estimate of drug-likeness (QED) is 0.917. The Labute approximate surface area is 110 Å². The van der Waals surface area contributed by atoms with Crippen molar-refractivity contribution in [1.82, 2.24) is 4.90 Å². The fourth-order valence-electron chi connectivity index (χ4n) is 2.32. The minimum absolute atomic E-state index is 0.110. The van der Waals surface area contributed by atoms with Gasteiger partial charge < -0.3 is 5.11 Å². The Bertz CT molecular complexity index is 459. The second-order valence-electron chi connectivity index (χ2n) is 5.15. The van der Waals surface area contributed by atoms with Crippen LogP contribution in [0, 0.1) is 5.92 Å². The molecule has 1 fully saturated rings. The van der Waals surface area contributed by atoms with Crippen LogP contribution < -0.4 is 0 Å². The fraction of sp³-hybridized carbons (Fsp3) is 0.500. The van der Waals surface area contributed by atoms with Gasteiger partial charge in [-0.2, -0.15) is 0 Å². The first-order chi connectivity index (χ1) is 8.88. The van der Waals surface area contributed by atoms with Crippen molar-refractivity contribution in [2.75, 3.05) is 13.1 Å². The van der Waals surface area contributed by atoms with E-state index in [2.05, 4.69) is 0 Å². The Morgan fingerprint density at radius 1 is 1.42 bits per heavy atom. The van der Waals surface area contributed by atoms with Crippen molar-refractivity contribution in [2.24, 2.45) is 5.92 Å². The molecule has 1 unspecified atom stereocenters. The maximum absolute atomic E-state index is 13.4. The highest BCUT2D eigenvalue weighted by Crippen LogP contribution is 2.33. The average molecular weight is 269 g/mol. The van der Waals surface area contributed by atoms with Gasteiger partial charge >= 0.3 is 5.97 Å². The van der Waals surface area contributed by atoms with Crippen molar-refractivity contribution in [3.05, 3.63) is 35.4 Å². The lowest BCUT2D eigenvalue weighted by atomic mass is 9.95. The van der Waals surface area contributed by atoms with E-state index >= 15 is 0 Å². The number of carboxylic acids is 1. The van der Waals surface area contributed by atoms with E-state index in [1.807, 2.05) is 4.90 Å². The summed E-state index contributed by atoms with van der Waals surface area (Å²) in [6.07, 6.45) is -0.110. The van der Waals surface area contributed by atoms with E-state index in [4.69, 9.17) is 5.11 Å². The second kappa shape index (κ2) is 5.25. The zero-order chi connectivity index (χ0) is 14.0. The predicted octanol–water partition coefficient (Wildman–Crippen LogP) is 2.86. The summed E-state index contributed by atoms with van der Waals surface area (Å²) < 4.78 is 26.7. The average Bonchev–Trinajstić information content (AvgIpc) is 2.35. The molecule has 0 aromatic heterocycles. The van der Waals surface area contributed by atoms with E-state index in [1.54, 1.807) is 31.2 Å². The number of alkyl halides is 2. The van der Waals surface area contributed by atoms with E-state index in [0.717, 1.165) is 5.56 Å². The van der Waals surface area contributed by atoms with Crippen molar-refractivity contribution in [3.63, 3.8) is 0 Å². The molecule has 0 radical (unpaired) electrons. The summed E-state index contributed by atoms with van der Waals surface area (Å²) in [5, 5.41) is 8.80. The van der Waals surface area contributed by atoms with Crippen molar-refractivity contribution in [2.45, 2.75) is 25.8 Å². The molecule has 1 aromatic carbocycles. The summed E-state index contributed by atoms with van der Waals surface area (Å²) >= 11 is 0. The predicted molar refractivity (Wildman–Crippen MR) is 67.4 cm³/mol. The van der Waals surface area contributed by atoms with Gasteiger partial charge in [-0.15, -0.1) is 0 Å². The number of carbonyl (C=O) groups is 1. The van der Waals surface area contributed by atoms with Gasteiger partial charge in [-0.25, -0.2) is 13.6 Å². The Hall–Kier alpha value is -1.49. The number of carboxylic acid groups (broad SMARTS) is 1. The molecule has 1 aliphatic rings. The molecule has 1 aliphatic heterocycles. The summed E-state index contributed by atoms with van der Waals surface area (Å²) in [6.45, 7) is 2.89. The Balaban J connectivity index is 1.97. The van der Waals surface area contributed by atoms with Gasteiger partial charge in [-0.05, 0) is 17.7 Å². The Kier molecular flexibility index (Phi) is 3.85. The molecule has 1 aromatic rings. The lowest BCUT2D eigenvalue weighted by Crippen LogP contribution is -2.45. The number of rotatable bonds is 3. The van der Waals surface area contributed by atoms with E-state index in [1.165, 1.54) is 0 Å². The van der Waals surface area contributed by atoms with Crippen LogP contribution in [0.2, 0.25) is 0 Å². The molecule has 1 saturated heterocycles. The molecule has 104 valence electrons. The molecule has 3 nitrogen and oxygen atoms in total. The first-order valence-electron chi connectivity index (χ1n) is 6.31. The molecule has 1 N–H and O–H groups in total. The number of aromatic carboxylic acids is 1. The van der Waals surface area contributed by atoms with Crippen molar-refractivity contribution < 1.29 is 18.7 Å². The van der Waals surface area contributed by atoms with Gasteiger partial charge in [0.15, 0.2) is 0 Å². The SMILES string of the molecule is CC1CN(Cc2ccc(C(=O)O)cc2)CCC1(F)F. The van der Waals surface area contributed by atoms with Gasteiger partial charge in [-0.1, -0.05) is 19.1 Å². The van der Waals surface area contributed by atoms with Gasteiger partial charge in [0.1, 0.15) is 0 Å². The first kappa shape index (κ1) is 13.9. The molecule has 0 amide bonds. The number of piperidine rings is 1. The summed E-state index contributed by atoms with van der Waals surface area (Å²) in [7, 11) is 0. The van der Waals surface area contributed by atoms with Crippen LogP contribution in [0.5, 0.6) is 0 Å². The van der Waals surface area contributed by atoms with Crippen LogP contribution >= 0.6 is 0 Å². The van der Waals surface area contributed by atoms with Gasteiger partial charge in [0.05, 0.1) is 5.56 Å². The molecule has 1 heterocycles. The van der Waals surface area contributed by atoms with Crippen LogP contribution in [0.3, 0.4) is 0 Å². The number of hydrogen-bond donors (Lipinski definition) is 1. The lowest BCUT2D eigenvalue weighted by Gasteiger charge is -2.36. The third-order valence-corrected chi connectivity index (χ3v) is 3.62. The number of halogens is 2. The largest absolute Gasteiger partial charge is 0.478 e. The van der Waals surface area contributed by atoms with Crippen LogP contribution in [0.15, 0.2) is 24.3 Å². The third kappa shape index (κ3) is 3.29. The Morgan fingerprint density at radius 3 is 2.58 bits per heavy atom. The lowest BCUT2D eigenvalue weighted by molar-refractivity contribution is -0.100. The summed E-state index contributed by atoms with van der Waals surface area (Å²) in [5.74, 6) is -4.17. The van der Waals surface area contributed by atoms with Gasteiger partial charge in [0.2, 0.25) is 0 Å². The molecule has 0 saturated carbocycles. The van der Waals surface area contributed by atoms with Gasteiger partial charge in [-0.3, -0.25) is 4.90 Å². The molecule has 0 bridgehead atoms. The van der Waals surface area contributed by atoms with Gasteiger partial charge in [0, 0.05) is 32.0 Å². The summed E-state index contributed by atoms with van der Waals surface area (Å²) in [6, 6.07) is 6.56. The first-order valence-corrected chi connectivity index (χ1v) is 6.31. The molecule has 1 atom stereocenters. The highest BCUT2D eigenvalue weighted by molar-refractivity contribution is 5.87. The normalized spacial score (nSPS) is 23.2. The Morgan fingerprint density at radius 2 is 2.05 bits per heavy atom. The smallest absolute Gasteiger partial charge is 0.335 e. The second-order valence-corrected chi connectivity index (χ2v) is 5.15. The molecule has 2 rings (SSSR count). The summed E-state index contributed by atoms with van der Waals surface area (Å²) in [4.78, 5) is 12.7. The third-order valence-electron chi connectivity index (χ3n) is 3.62. The topological polar surface area (TPSA) is 40.5 Å². The van der Waals surface area contributed by atoms with E-state index in [0.29, 0.717) is 19.6 Å². The number of likely N-dealkylation sites (tertiary alicyclic amines) is 1. The standard InChI is InChI=1S/C14H17F2NO2/c1-10-8-17(7-6-14(10,15)16)9-11-2-4-12(5-3-11)13(18)19/h2-5,10H,6-9H2,1H3,(H,18,19). The number of benzene rings is 1. The maximum atomic E-state index is 13.4. The van der Waals surface area contributed by atoms with Crippen LogP contribution in [-0.4, -0.2) is 35.0 Å². The minimum Gasteiger partial charge on any atom is -0.478 e. The highest BCUT2D eigenvalue weighted by Gasteiger charge is 2.40. The van der Waals surface area contributed by atoms with E-state index < -0.39 is 17.8 Å². The molecular weight excluding hydrogens is 252 g/mol. The molecule has 0 aliphatic carbocycles.